The van der Waals surface area contributed by atoms with Crippen molar-refractivity contribution in [1.29, 1.82) is 0 Å². The van der Waals surface area contributed by atoms with Gasteiger partial charge in [-0.3, -0.25) is 9.69 Å². The van der Waals surface area contributed by atoms with Crippen molar-refractivity contribution in [2.24, 2.45) is 5.92 Å². The summed E-state index contributed by atoms with van der Waals surface area (Å²) in [4.78, 5) is 28.2. The second kappa shape index (κ2) is 11.6. The number of amides is 1. The fourth-order valence-electron chi connectivity index (χ4n) is 6.43. The maximum absolute atomic E-state index is 13.3. The Morgan fingerprint density at radius 2 is 1.44 bits per heavy atom. The third kappa shape index (κ3) is 5.22. The Hall–Kier alpha value is -2.66. The van der Waals surface area contributed by atoms with E-state index in [1.165, 1.54) is 47.9 Å². The van der Waals surface area contributed by atoms with Crippen LogP contribution in [0.1, 0.15) is 81.8 Å². The first-order valence-electron chi connectivity index (χ1n) is 13.9. The van der Waals surface area contributed by atoms with Crippen molar-refractivity contribution in [2.45, 2.75) is 82.7 Å². The third-order valence-corrected chi connectivity index (χ3v) is 8.30. The summed E-state index contributed by atoms with van der Waals surface area (Å²) in [5.41, 5.74) is 4.89. The summed E-state index contributed by atoms with van der Waals surface area (Å²) in [5, 5.41) is 0. The van der Waals surface area contributed by atoms with Gasteiger partial charge in [-0.1, -0.05) is 87.6 Å². The molecule has 2 fully saturated rings. The standard InChI is InChI=1S/C31H39NO4/c1-2-3-4-5-6-7-16-30(33)22-17-23-19-35-20-24(18-22)32(23)31(34)36-21-29-27-14-10-8-12-25(27)26-13-9-11-15-28(26)29/h8-15,22-24,29H,2-7,16-21H2,1H3. The highest BCUT2D eigenvalue weighted by Gasteiger charge is 2.44. The molecule has 0 spiro atoms. The lowest BCUT2D eigenvalue weighted by Gasteiger charge is -2.47. The number of carbonyl (C=O) groups is 2. The molecule has 5 heteroatoms. The van der Waals surface area contributed by atoms with Crippen LogP contribution >= 0.6 is 0 Å². The van der Waals surface area contributed by atoms with Gasteiger partial charge in [0.15, 0.2) is 0 Å². The van der Waals surface area contributed by atoms with Gasteiger partial charge in [0.25, 0.3) is 0 Å². The van der Waals surface area contributed by atoms with Crippen LogP contribution in [0.15, 0.2) is 48.5 Å². The van der Waals surface area contributed by atoms with Crippen molar-refractivity contribution < 1.29 is 19.1 Å². The first-order valence-corrected chi connectivity index (χ1v) is 13.9. The average molecular weight is 490 g/mol. The zero-order chi connectivity index (χ0) is 24.9. The Morgan fingerprint density at radius 3 is 2.08 bits per heavy atom. The Balaban J connectivity index is 1.17. The molecule has 2 unspecified atom stereocenters. The van der Waals surface area contributed by atoms with Crippen molar-refractivity contribution in [2.75, 3.05) is 19.8 Å². The molecule has 1 amide bonds. The molecular formula is C31H39NO4. The molecule has 192 valence electrons. The summed E-state index contributed by atoms with van der Waals surface area (Å²) in [7, 11) is 0. The van der Waals surface area contributed by atoms with Crippen molar-refractivity contribution >= 4 is 11.9 Å². The van der Waals surface area contributed by atoms with E-state index < -0.39 is 0 Å². The highest BCUT2D eigenvalue weighted by molar-refractivity contribution is 5.82. The van der Waals surface area contributed by atoms with E-state index >= 15 is 0 Å². The van der Waals surface area contributed by atoms with Gasteiger partial charge in [-0.2, -0.15) is 0 Å². The van der Waals surface area contributed by atoms with E-state index in [-0.39, 0.29) is 30.0 Å². The quantitative estimate of drug-likeness (QED) is 0.347. The molecule has 5 nitrogen and oxygen atoms in total. The van der Waals surface area contributed by atoms with Crippen LogP contribution in [0.4, 0.5) is 4.79 Å². The summed E-state index contributed by atoms with van der Waals surface area (Å²) in [6.45, 7) is 3.52. The molecule has 0 saturated carbocycles. The number of nitrogens with zero attached hydrogens (tertiary/aromatic N) is 1. The first-order chi connectivity index (χ1) is 17.7. The minimum absolute atomic E-state index is 0.0391. The Morgan fingerprint density at radius 1 is 0.861 bits per heavy atom. The zero-order valence-corrected chi connectivity index (χ0v) is 21.5. The van der Waals surface area contributed by atoms with Crippen LogP contribution in [0.5, 0.6) is 0 Å². The van der Waals surface area contributed by atoms with E-state index in [2.05, 4.69) is 43.3 Å². The normalized spacial score (nSPS) is 22.7. The van der Waals surface area contributed by atoms with Gasteiger partial charge in [-0.05, 0) is 41.5 Å². The number of unbranched alkanes of at least 4 members (excludes halogenated alkanes) is 5. The number of rotatable bonds is 10. The molecule has 2 aromatic carbocycles. The van der Waals surface area contributed by atoms with Gasteiger partial charge in [-0.25, -0.2) is 4.79 Å². The second-order valence-electron chi connectivity index (χ2n) is 10.7. The van der Waals surface area contributed by atoms with Gasteiger partial charge >= 0.3 is 6.09 Å². The monoisotopic (exact) mass is 489 g/mol. The highest BCUT2D eigenvalue weighted by atomic mass is 16.6. The molecule has 2 aliphatic heterocycles. The maximum atomic E-state index is 13.3. The van der Waals surface area contributed by atoms with E-state index in [1.54, 1.807) is 0 Å². The summed E-state index contributed by atoms with van der Waals surface area (Å²) in [6, 6.07) is 16.6. The van der Waals surface area contributed by atoms with Crippen LogP contribution < -0.4 is 0 Å². The molecule has 36 heavy (non-hydrogen) atoms. The number of hydrogen-bond acceptors (Lipinski definition) is 4. The topological polar surface area (TPSA) is 55.8 Å². The number of piperidine rings is 1. The van der Waals surface area contributed by atoms with E-state index in [4.69, 9.17) is 9.47 Å². The molecular weight excluding hydrogens is 450 g/mol. The summed E-state index contributed by atoms with van der Waals surface area (Å²) in [5.74, 6) is 0.459. The van der Waals surface area contributed by atoms with Gasteiger partial charge in [0, 0.05) is 18.3 Å². The second-order valence-corrected chi connectivity index (χ2v) is 10.7. The number of Topliss-reactive ketones (excluding diaryl/α,β-unsaturated/α-hetero) is 1. The number of ether oxygens (including phenoxy) is 2. The minimum Gasteiger partial charge on any atom is -0.448 e. The van der Waals surface area contributed by atoms with Crippen LogP contribution in [0, 0.1) is 5.92 Å². The van der Waals surface area contributed by atoms with Gasteiger partial charge in [0.2, 0.25) is 0 Å². The molecule has 2 atom stereocenters. The van der Waals surface area contributed by atoms with Crippen molar-refractivity contribution in [3.63, 3.8) is 0 Å². The third-order valence-electron chi connectivity index (χ3n) is 8.30. The van der Waals surface area contributed by atoms with Crippen LogP contribution in [0.25, 0.3) is 11.1 Å². The Bertz CT molecular complexity index is 1010. The fraction of sp³-hybridized carbons (Fsp3) is 0.548. The predicted octanol–water partition coefficient (Wildman–Crippen LogP) is 6.73. The fourth-order valence-corrected chi connectivity index (χ4v) is 6.43. The Kier molecular flexibility index (Phi) is 8.05. The highest BCUT2D eigenvalue weighted by Crippen LogP contribution is 2.44. The Labute approximate surface area is 215 Å². The zero-order valence-electron chi connectivity index (χ0n) is 21.5. The van der Waals surface area contributed by atoms with E-state index in [0.29, 0.717) is 44.9 Å². The molecule has 3 aliphatic rings. The smallest absolute Gasteiger partial charge is 0.410 e. The van der Waals surface area contributed by atoms with Crippen molar-refractivity contribution in [1.82, 2.24) is 4.90 Å². The number of ketones is 1. The molecule has 5 rings (SSSR count). The first kappa shape index (κ1) is 25.0. The van der Waals surface area contributed by atoms with Crippen molar-refractivity contribution in [3.8, 4) is 11.1 Å². The van der Waals surface area contributed by atoms with Gasteiger partial charge < -0.3 is 9.47 Å². The molecule has 0 aromatic heterocycles. The largest absolute Gasteiger partial charge is 0.448 e. The molecule has 2 bridgehead atoms. The lowest BCUT2D eigenvalue weighted by Crippen LogP contribution is -2.60. The molecule has 0 N–H and O–H groups in total. The molecule has 1 aliphatic carbocycles. The number of morpholine rings is 1. The van der Waals surface area contributed by atoms with E-state index in [1.807, 2.05) is 17.0 Å². The summed E-state index contributed by atoms with van der Waals surface area (Å²) >= 11 is 0. The number of benzene rings is 2. The molecule has 0 radical (unpaired) electrons. The molecule has 2 aromatic rings. The minimum atomic E-state index is -0.267. The average Bonchev–Trinajstić information content (AvgIpc) is 3.22. The van der Waals surface area contributed by atoms with Gasteiger partial charge in [-0.15, -0.1) is 0 Å². The van der Waals surface area contributed by atoms with Crippen molar-refractivity contribution in [3.05, 3.63) is 59.7 Å². The van der Waals surface area contributed by atoms with Crippen LogP contribution in [0.2, 0.25) is 0 Å². The molecule has 2 heterocycles. The molecule has 2 saturated heterocycles. The number of hydrogen-bond donors (Lipinski definition) is 0. The van der Waals surface area contributed by atoms with E-state index in [9.17, 15) is 9.59 Å². The van der Waals surface area contributed by atoms with E-state index in [0.717, 1.165) is 12.8 Å². The lowest BCUT2D eigenvalue weighted by molar-refractivity contribution is -0.131. The van der Waals surface area contributed by atoms with Crippen LogP contribution in [0.3, 0.4) is 0 Å². The van der Waals surface area contributed by atoms with Crippen LogP contribution in [-0.2, 0) is 14.3 Å². The predicted molar refractivity (Wildman–Crippen MR) is 141 cm³/mol. The summed E-state index contributed by atoms with van der Waals surface area (Å²) < 4.78 is 11.8. The van der Waals surface area contributed by atoms with Gasteiger partial charge in [0.1, 0.15) is 12.4 Å². The number of carbonyl (C=O) groups excluding carboxylic acids is 2. The SMILES string of the molecule is CCCCCCCCC(=O)C1CC2COCC(C1)N2C(=O)OCC1c2ccccc2-c2ccccc21. The van der Waals surface area contributed by atoms with Gasteiger partial charge in [0.05, 0.1) is 25.3 Å². The lowest BCUT2D eigenvalue weighted by atomic mass is 9.81. The maximum Gasteiger partial charge on any atom is 0.410 e. The number of fused-ring (bicyclic) bond motifs is 5. The summed E-state index contributed by atoms with van der Waals surface area (Å²) in [6.07, 6.45) is 8.92. The van der Waals surface area contributed by atoms with Crippen LogP contribution in [-0.4, -0.2) is 48.7 Å².